The van der Waals surface area contributed by atoms with Crippen molar-refractivity contribution in [2.75, 3.05) is 0 Å². The highest BCUT2D eigenvalue weighted by Gasteiger charge is 2.14. The van der Waals surface area contributed by atoms with Crippen LogP contribution in [0.2, 0.25) is 0 Å². The van der Waals surface area contributed by atoms with Gasteiger partial charge in [-0.2, -0.15) is 0 Å². The second-order valence-electron chi connectivity index (χ2n) is 2.50. The van der Waals surface area contributed by atoms with Crippen molar-refractivity contribution in [1.82, 2.24) is 14.5 Å². The molecule has 0 aromatic carbocycles. The monoisotopic (exact) mass is 165 g/mol. The zero-order valence-electron chi connectivity index (χ0n) is 6.21. The Labute approximate surface area is 68.6 Å². The summed E-state index contributed by atoms with van der Waals surface area (Å²) in [5, 5.41) is 8.65. The van der Waals surface area contributed by atoms with Gasteiger partial charge < -0.3 is 9.67 Å². The molecule has 1 aromatic rings. The summed E-state index contributed by atoms with van der Waals surface area (Å²) in [7, 11) is 0. The largest absolute Gasteiger partial charge is 0.465 e. The summed E-state index contributed by atoms with van der Waals surface area (Å²) in [6, 6.07) is 0. The lowest BCUT2D eigenvalue weighted by Crippen LogP contribution is -2.26. The molecule has 0 saturated carbocycles. The number of nitrogens with zero attached hydrogens (tertiary/aromatic N) is 3. The third-order valence-corrected chi connectivity index (χ3v) is 1.73. The van der Waals surface area contributed by atoms with E-state index in [1.54, 1.807) is 23.3 Å². The maximum atomic E-state index is 10.5. The van der Waals surface area contributed by atoms with Crippen LogP contribution in [-0.2, 0) is 6.54 Å². The molecule has 0 radical (unpaired) electrons. The van der Waals surface area contributed by atoms with E-state index in [1.807, 2.05) is 0 Å². The smallest absolute Gasteiger partial charge is 0.411 e. The minimum absolute atomic E-state index is 0.367. The summed E-state index contributed by atoms with van der Waals surface area (Å²) in [5.41, 5.74) is 0.875. The van der Waals surface area contributed by atoms with E-state index in [2.05, 4.69) is 4.98 Å². The minimum Gasteiger partial charge on any atom is -0.465 e. The fourth-order valence-electron chi connectivity index (χ4n) is 1.10. The summed E-state index contributed by atoms with van der Waals surface area (Å²) in [6.07, 6.45) is 5.53. The maximum absolute atomic E-state index is 10.5. The topological polar surface area (TPSA) is 58.4 Å². The third kappa shape index (κ3) is 0.952. The number of hydrogen-bond donors (Lipinski definition) is 1. The van der Waals surface area contributed by atoms with E-state index in [9.17, 15) is 4.79 Å². The van der Waals surface area contributed by atoms with Crippen molar-refractivity contribution in [3.8, 4) is 0 Å². The first-order valence-corrected chi connectivity index (χ1v) is 3.46. The second kappa shape index (κ2) is 2.37. The molecule has 5 nitrogen and oxygen atoms in total. The Hall–Kier alpha value is -1.78. The molecule has 1 aliphatic rings. The number of rotatable bonds is 0. The van der Waals surface area contributed by atoms with Crippen LogP contribution in [0, 0.1) is 0 Å². The molecule has 1 amide bonds. The second-order valence-corrected chi connectivity index (χ2v) is 2.50. The quantitative estimate of drug-likeness (QED) is 0.618. The van der Waals surface area contributed by atoms with Gasteiger partial charge in [-0.1, -0.05) is 0 Å². The molecule has 5 heteroatoms. The standard InChI is InChI=1S/C7H7N3O2/c11-7(12)9-1-2-10-5-8-3-6(10)4-9/h1-3,5H,4H2,(H,11,12). The summed E-state index contributed by atoms with van der Waals surface area (Å²) in [5.74, 6) is 0. The van der Waals surface area contributed by atoms with Crippen LogP contribution in [0.25, 0.3) is 6.20 Å². The molecule has 0 fully saturated rings. The number of imidazole rings is 1. The first kappa shape index (κ1) is 6.90. The highest BCUT2D eigenvalue weighted by atomic mass is 16.4. The van der Waals surface area contributed by atoms with Crippen molar-refractivity contribution >= 4 is 12.3 Å². The molecule has 0 saturated heterocycles. The summed E-state index contributed by atoms with van der Waals surface area (Å²) in [4.78, 5) is 15.6. The van der Waals surface area contributed by atoms with E-state index >= 15 is 0 Å². The van der Waals surface area contributed by atoms with Crippen molar-refractivity contribution in [1.29, 1.82) is 0 Å². The highest BCUT2D eigenvalue weighted by molar-refractivity contribution is 5.67. The number of hydrogen-bond acceptors (Lipinski definition) is 2. The fraction of sp³-hybridized carbons (Fsp3) is 0.143. The average molecular weight is 165 g/mol. The van der Waals surface area contributed by atoms with Crippen LogP contribution in [0.1, 0.15) is 5.69 Å². The molecule has 1 aromatic heterocycles. The van der Waals surface area contributed by atoms with Crippen LogP contribution in [-0.4, -0.2) is 25.7 Å². The SMILES string of the molecule is O=C(O)N1C=Cn2cncc2C1. The van der Waals surface area contributed by atoms with Crippen molar-refractivity contribution in [3.63, 3.8) is 0 Å². The lowest BCUT2D eigenvalue weighted by Gasteiger charge is -2.18. The normalized spacial score (nSPS) is 14.5. The molecule has 12 heavy (non-hydrogen) atoms. The molecule has 0 aliphatic carbocycles. The molecule has 0 spiro atoms. The van der Waals surface area contributed by atoms with Gasteiger partial charge in [0.2, 0.25) is 0 Å². The fourth-order valence-corrected chi connectivity index (χ4v) is 1.10. The predicted molar refractivity (Wildman–Crippen MR) is 41.1 cm³/mol. The molecule has 2 rings (SSSR count). The van der Waals surface area contributed by atoms with E-state index in [1.165, 1.54) is 11.1 Å². The minimum atomic E-state index is -0.946. The van der Waals surface area contributed by atoms with Gasteiger partial charge in [0.05, 0.1) is 24.8 Å². The maximum Gasteiger partial charge on any atom is 0.411 e. The highest BCUT2D eigenvalue weighted by Crippen LogP contribution is 2.11. The van der Waals surface area contributed by atoms with Crippen molar-refractivity contribution in [3.05, 3.63) is 24.4 Å². The van der Waals surface area contributed by atoms with Gasteiger partial charge in [0.25, 0.3) is 0 Å². The predicted octanol–water partition coefficient (Wildman–Crippen LogP) is 0.805. The average Bonchev–Trinajstić information content (AvgIpc) is 2.49. The van der Waals surface area contributed by atoms with Gasteiger partial charge in [-0.05, 0) is 0 Å². The van der Waals surface area contributed by atoms with Gasteiger partial charge >= 0.3 is 6.09 Å². The van der Waals surface area contributed by atoms with Gasteiger partial charge in [0.15, 0.2) is 0 Å². The van der Waals surface area contributed by atoms with E-state index in [4.69, 9.17) is 5.11 Å². The Balaban J connectivity index is 2.30. The van der Waals surface area contributed by atoms with E-state index in [0.717, 1.165) is 5.69 Å². The molecular formula is C7H7N3O2. The zero-order chi connectivity index (χ0) is 8.55. The summed E-state index contributed by atoms with van der Waals surface area (Å²) >= 11 is 0. The first-order chi connectivity index (χ1) is 5.77. The van der Waals surface area contributed by atoms with Gasteiger partial charge in [-0.25, -0.2) is 9.78 Å². The molecular weight excluding hydrogens is 158 g/mol. The summed E-state index contributed by atoms with van der Waals surface area (Å²) in [6.45, 7) is 0.367. The van der Waals surface area contributed by atoms with Crippen LogP contribution in [0.5, 0.6) is 0 Å². The Morgan fingerprint density at radius 2 is 2.42 bits per heavy atom. The van der Waals surface area contributed by atoms with E-state index in [0.29, 0.717) is 6.54 Å². The van der Waals surface area contributed by atoms with E-state index in [-0.39, 0.29) is 0 Å². The molecule has 0 unspecified atom stereocenters. The van der Waals surface area contributed by atoms with Crippen LogP contribution < -0.4 is 0 Å². The molecule has 2 heterocycles. The van der Waals surface area contributed by atoms with Crippen LogP contribution in [0.4, 0.5) is 4.79 Å². The molecule has 1 N–H and O–H groups in total. The molecule has 0 bridgehead atoms. The molecule has 1 aliphatic heterocycles. The van der Waals surface area contributed by atoms with E-state index < -0.39 is 6.09 Å². The Bertz CT molecular complexity index is 342. The number of aromatic nitrogens is 2. The number of fused-ring (bicyclic) bond motifs is 1. The van der Waals surface area contributed by atoms with Gasteiger partial charge in [0, 0.05) is 12.4 Å². The van der Waals surface area contributed by atoms with Crippen LogP contribution in [0.15, 0.2) is 18.7 Å². The molecule has 62 valence electrons. The Kier molecular flexibility index (Phi) is 1.36. The van der Waals surface area contributed by atoms with Crippen molar-refractivity contribution < 1.29 is 9.90 Å². The summed E-state index contributed by atoms with van der Waals surface area (Å²) < 4.78 is 1.79. The number of amides is 1. The van der Waals surface area contributed by atoms with Crippen LogP contribution >= 0.6 is 0 Å². The number of carboxylic acid groups (broad SMARTS) is 1. The lowest BCUT2D eigenvalue weighted by molar-refractivity contribution is 0.159. The van der Waals surface area contributed by atoms with Gasteiger partial charge in [-0.3, -0.25) is 4.90 Å². The molecule has 0 atom stereocenters. The third-order valence-electron chi connectivity index (χ3n) is 1.73. The van der Waals surface area contributed by atoms with Gasteiger partial charge in [0.1, 0.15) is 0 Å². The first-order valence-electron chi connectivity index (χ1n) is 3.46. The Morgan fingerprint density at radius 1 is 1.58 bits per heavy atom. The lowest BCUT2D eigenvalue weighted by atomic mass is 10.4. The van der Waals surface area contributed by atoms with Gasteiger partial charge in [-0.15, -0.1) is 0 Å². The van der Waals surface area contributed by atoms with Crippen LogP contribution in [0.3, 0.4) is 0 Å². The Morgan fingerprint density at radius 3 is 3.17 bits per heavy atom. The van der Waals surface area contributed by atoms with Crippen molar-refractivity contribution in [2.24, 2.45) is 0 Å². The number of carbonyl (C=O) groups is 1. The van der Waals surface area contributed by atoms with Crippen molar-refractivity contribution in [2.45, 2.75) is 6.54 Å². The zero-order valence-corrected chi connectivity index (χ0v) is 6.21.